The summed E-state index contributed by atoms with van der Waals surface area (Å²) in [5, 5.41) is 0. The molecule has 4 bridgehead atoms. The van der Waals surface area contributed by atoms with Gasteiger partial charge in [0, 0.05) is 22.0 Å². The molecule has 2 heteroatoms. The molecule has 1 unspecified atom stereocenters. The molecule has 4 aliphatic rings. The van der Waals surface area contributed by atoms with Crippen LogP contribution in [0.1, 0.15) is 52.9 Å². The maximum Gasteiger partial charge on any atom is 0.0462 e. The van der Waals surface area contributed by atoms with Crippen LogP contribution in [0.4, 0.5) is 0 Å². The van der Waals surface area contributed by atoms with Gasteiger partial charge in [-0.15, -0.1) is 0 Å². The number of rotatable bonds is 1. The third-order valence-corrected chi connectivity index (χ3v) is 6.67. The number of hydrogen-bond acceptors (Lipinski definition) is 1. The summed E-state index contributed by atoms with van der Waals surface area (Å²) in [5.74, 6) is 3.53. The Morgan fingerprint density at radius 2 is 1.44 bits per heavy atom. The van der Waals surface area contributed by atoms with Crippen LogP contribution >= 0.6 is 0 Å². The van der Waals surface area contributed by atoms with Crippen LogP contribution in [0, 0.1) is 29.1 Å². The van der Waals surface area contributed by atoms with E-state index in [-0.39, 0.29) is 5.41 Å². The van der Waals surface area contributed by atoms with E-state index in [9.17, 15) is 4.21 Å². The first-order valence-corrected chi connectivity index (χ1v) is 9.00. The van der Waals surface area contributed by atoms with Crippen LogP contribution in [0.15, 0.2) is 10.5 Å². The van der Waals surface area contributed by atoms with Crippen molar-refractivity contribution in [3.8, 4) is 0 Å². The molecule has 0 radical (unpaired) electrons. The highest BCUT2D eigenvalue weighted by Crippen LogP contribution is 2.58. The van der Waals surface area contributed by atoms with E-state index in [1.165, 1.54) is 37.0 Å². The molecule has 1 nitrogen and oxygen atoms in total. The molecule has 4 rings (SSSR count). The Labute approximate surface area is 114 Å². The van der Waals surface area contributed by atoms with Gasteiger partial charge in [0.2, 0.25) is 0 Å². The van der Waals surface area contributed by atoms with E-state index in [4.69, 9.17) is 0 Å². The molecule has 0 heterocycles. The van der Waals surface area contributed by atoms with Crippen LogP contribution in [-0.2, 0) is 10.8 Å². The number of hydrogen-bond donors (Lipinski definition) is 0. The van der Waals surface area contributed by atoms with Gasteiger partial charge in [-0.2, -0.15) is 0 Å². The van der Waals surface area contributed by atoms with Gasteiger partial charge >= 0.3 is 0 Å². The third-order valence-electron chi connectivity index (χ3n) is 5.25. The molecule has 0 aromatic heterocycles. The van der Waals surface area contributed by atoms with Crippen LogP contribution in [0.3, 0.4) is 0 Å². The largest absolute Gasteiger partial charge is 0.255 e. The first-order chi connectivity index (χ1) is 8.36. The van der Waals surface area contributed by atoms with E-state index in [0.29, 0.717) is 0 Å². The van der Waals surface area contributed by atoms with Gasteiger partial charge in [-0.3, -0.25) is 4.21 Å². The molecular formula is C16H26OS. The predicted octanol–water partition coefficient (Wildman–Crippen LogP) is 4.12. The van der Waals surface area contributed by atoms with E-state index >= 15 is 0 Å². The van der Waals surface area contributed by atoms with Crippen molar-refractivity contribution in [1.29, 1.82) is 0 Å². The molecule has 0 N–H and O–H groups in total. The summed E-state index contributed by atoms with van der Waals surface area (Å²) < 4.78 is 12.3. The third kappa shape index (κ3) is 2.01. The first-order valence-electron chi connectivity index (χ1n) is 7.44. The Hall–Kier alpha value is -0.110. The molecule has 0 aliphatic heterocycles. The predicted molar refractivity (Wildman–Crippen MR) is 77.6 cm³/mol. The van der Waals surface area contributed by atoms with Crippen molar-refractivity contribution in [2.75, 3.05) is 6.26 Å². The van der Waals surface area contributed by atoms with E-state index in [0.717, 1.165) is 23.7 Å². The standard InChI is InChI=1S/C16H26OS/c1-16(2,3)15(18(4)17)14-12-6-10-5-11(8-12)9-13(14)7-10/h10-13H,5-9H2,1-4H3. The van der Waals surface area contributed by atoms with Gasteiger partial charge in [0.15, 0.2) is 0 Å². The average Bonchev–Trinajstić information content (AvgIpc) is 2.19. The Bertz CT molecular complexity index is 383. The summed E-state index contributed by atoms with van der Waals surface area (Å²) in [6, 6.07) is 0. The zero-order valence-corrected chi connectivity index (χ0v) is 13.0. The van der Waals surface area contributed by atoms with E-state index < -0.39 is 10.8 Å². The monoisotopic (exact) mass is 266 g/mol. The van der Waals surface area contributed by atoms with Crippen LogP contribution in [-0.4, -0.2) is 10.5 Å². The molecule has 4 aliphatic carbocycles. The van der Waals surface area contributed by atoms with Crippen LogP contribution in [0.25, 0.3) is 0 Å². The summed E-state index contributed by atoms with van der Waals surface area (Å²) >= 11 is 0. The first kappa shape index (κ1) is 12.9. The maximum absolute atomic E-state index is 12.3. The molecule has 1 atom stereocenters. The zero-order chi connectivity index (χ0) is 13.1. The molecule has 4 fully saturated rings. The fraction of sp³-hybridized carbons (Fsp3) is 0.875. The van der Waals surface area contributed by atoms with Gasteiger partial charge in [-0.25, -0.2) is 0 Å². The van der Waals surface area contributed by atoms with Gasteiger partial charge in [-0.1, -0.05) is 26.3 Å². The van der Waals surface area contributed by atoms with Crippen LogP contribution in [0.5, 0.6) is 0 Å². The summed E-state index contributed by atoms with van der Waals surface area (Å²) in [6.45, 7) is 6.71. The van der Waals surface area contributed by atoms with Crippen molar-refractivity contribution in [3.05, 3.63) is 10.5 Å². The second-order valence-electron chi connectivity index (χ2n) is 7.79. The van der Waals surface area contributed by atoms with Gasteiger partial charge < -0.3 is 0 Å². The minimum atomic E-state index is -0.796. The lowest BCUT2D eigenvalue weighted by atomic mass is 9.53. The Kier molecular flexibility index (Phi) is 3.01. The zero-order valence-electron chi connectivity index (χ0n) is 12.2. The maximum atomic E-state index is 12.3. The summed E-state index contributed by atoms with van der Waals surface area (Å²) in [6.07, 6.45) is 8.93. The SMILES string of the molecule is CS(=O)C(=C1C2CC3CC(C2)CC1C3)C(C)(C)C. The van der Waals surface area contributed by atoms with Crippen molar-refractivity contribution in [2.24, 2.45) is 29.1 Å². The van der Waals surface area contributed by atoms with Crippen molar-refractivity contribution < 1.29 is 4.21 Å². The molecule has 102 valence electrons. The molecular weight excluding hydrogens is 240 g/mol. The van der Waals surface area contributed by atoms with Crippen LogP contribution < -0.4 is 0 Å². The van der Waals surface area contributed by atoms with Gasteiger partial charge in [0.1, 0.15) is 0 Å². The molecule has 0 aromatic carbocycles. The average molecular weight is 266 g/mol. The molecule has 0 aromatic rings. The second kappa shape index (κ2) is 4.19. The fourth-order valence-corrected chi connectivity index (χ4v) is 6.62. The minimum Gasteiger partial charge on any atom is -0.255 e. The molecule has 0 saturated heterocycles. The van der Waals surface area contributed by atoms with E-state index in [1.807, 2.05) is 6.26 Å². The lowest BCUT2D eigenvalue weighted by molar-refractivity contribution is 0.0676. The summed E-state index contributed by atoms with van der Waals surface area (Å²) in [7, 11) is -0.796. The molecule has 4 saturated carbocycles. The Morgan fingerprint density at radius 3 is 1.78 bits per heavy atom. The molecule has 0 amide bonds. The number of allylic oxidation sites excluding steroid dienone is 2. The molecule has 0 spiro atoms. The molecule has 18 heavy (non-hydrogen) atoms. The van der Waals surface area contributed by atoms with E-state index in [1.54, 1.807) is 5.57 Å². The van der Waals surface area contributed by atoms with Gasteiger partial charge in [0.25, 0.3) is 0 Å². The normalized spacial score (nSPS) is 40.1. The van der Waals surface area contributed by atoms with Crippen molar-refractivity contribution in [2.45, 2.75) is 52.9 Å². The fourth-order valence-electron chi connectivity index (χ4n) is 5.09. The van der Waals surface area contributed by atoms with Gasteiger partial charge in [-0.05, 0) is 61.2 Å². The second-order valence-corrected chi connectivity index (χ2v) is 9.11. The highest BCUT2D eigenvalue weighted by molar-refractivity contribution is 7.88. The Balaban J connectivity index is 2.06. The minimum absolute atomic E-state index is 0.0737. The summed E-state index contributed by atoms with van der Waals surface area (Å²) in [5.41, 5.74) is 1.71. The van der Waals surface area contributed by atoms with Crippen LogP contribution in [0.2, 0.25) is 0 Å². The highest BCUT2D eigenvalue weighted by atomic mass is 32.2. The highest BCUT2D eigenvalue weighted by Gasteiger charge is 2.47. The van der Waals surface area contributed by atoms with Crippen molar-refractivity contribution in [3.63, 3.8) is 0 Å². The van der Waals surface area contributed by atoms with Crippen molar-refractivity contribution >= 4 is 10.8 Å². The summed E-state index contributed by atoms with van der Waals surface area (Å²) in [4.78, 5) is 1.29. The Morgan fingerprint density at radius 1 is 1.00 bits per heavy atom. The quantitative estimate of drug-likeness (QED) is 0.697. The smallest absolute Gasteiger partial charge is 0.0462 e. The lowest BCUT2D eigenvalue weighted by Crippen LogP contribution is -2.42. The van der Waals surface area contributed by atoms with E-state index in [2.05, 4.69) is 20.8 Å². The topological polar surface area (TPSA) is 17.1 Å². The van der Waals surface area contributed by atoms with Crippen molar-refractivity contribution in [1.82, 2.24) is 0 Å². The lowest BCUT2D eigenvalue weighted by Gasteiger charge is -2.53. The van der Waals surface area contributed by atoms with Gasteiger partial charge in [0.05, 0.1) is 0 Å².